The molecule has 1 aromatic carbocycles. The van der Waals surface area contributed by atoms with Crippen molar-refractivity contribution in [2.75, 3.05) is 0 Å². The minimum Gasteiger partial charge on any atom is -0.486 e. The zero-order chi connectivity index (χ0) is 14.0. The number of hydrogen-bond donors (Lipinski definition) is 0. The highest BCUT2D eigenvalue weighted by Gasteiger charge is 2.35. The van der Waals surface area contributed by atoms with E-state index in [1.807, 2.05) is 0 Å². The minimum atomic E-state index is -4.94. The molecular weight excluding hydrogens is 264 g/mol. The van der Waals surface area contributed by atoms with E-state index in [1.54, 1.807) is 0 Å². The molecule has 19 heavy (non-hydrogen) atoms. The molecule has 1 aromatic rings. The third-order valence-corrected chi connectivity index (χ3v) is 3.07. The molecule has 1 fully saturated rings. The molecule has 0 unspecified atom stereocenters. The van der Waals surface area contributed by atoms with Crippen molar-refractivity contribution in [3.05, 3.63) is 23.5 Å². The zero-order valence-corrected chi connectivity index (χ0v) is 10.4. The summed E-state index contributed by atoms with van der Waals surface area (Å²) in [7, 11) is 0. The fourth-order valence-electron chi connectivity index (χ4n) is 2.13. The van der Waals surface area contributed by atoms with E-state index < -0.39 is 17.9 Å². The van der Waals surface area contributed by atoms with E-state index in [0.717, 1.165) is 25.7 Å². The van der Waals surface area contributed by atoms with Crippen LogP contribution in [-0.4, -0.2) is 12.5 Å². The highest BCUT2D eigenvalue weighted by molar-refractivity contribution is 5.44. The lowest BCUT2D eigenvalue weighted by Crippen LogP contribution is -2.20. The molecule has 2 rings (SSSR count). The summed E-state index contributed by atoms with van der Waals surface area (Å²) in [4.78, 5) is 0. The van der Waals surface area contributed by atoms with Gasteiger partial charge in [0.15, 0.2) is 11.6 Å². The first kappa shape index (κ1) is 14.0. The second-order valence-corrected chi connectivity index (χ2v) is 4.60. The van der Waals surface area contributed by atoms with Gasteiger partial charge in [-0.2, -0.15) is 0 Å². The molecule has 1 saturated carbocycles. The summed E-state index contributed by atoms with van der Waals surface area (Å²) in [6.45, 7) is 1.37. The molecule has 0 aliphatic heterocycles. The SMILES string of the molecule is Cc1ccc(OC2CCCC2)c(OC(F)(F)F)c1F. The third-order valence-electron chi connectivity index (χ3n) is 3.07. The predicted molar refractivity (Wildman–Crippen MR) is 60.7 cm³/mol. The fraction of sp³-hybridized carbons (Fsp3) is 0.538. The Morgan fingerprint density at radius 3 is 2.37 bits per heavy atom. The van der Waals surface area contributed by atoms with Crippen LogP contribution in [0.15, 0.2) is 12.1 Å². The van der Waals surface area contributed by atoms with Gasteiger partial charge in [0.25, 0.3) is 0 Å². The van der Waals surface area contributed by atoms with Crippen molar-refractivity contribution >= 4 is 0 Å². The number of halogens is 4. The Kier molecular flexibility index (Phi) is 3.87. The number of alkyl halides is 3. The lowest BCUT2D eigenvalue weighted by molar-refractivity contribution is -0.276. The van der Waals surface area contributed by atoms with E-state index in [4.69, 9.17) is 4.74 Å². The summed E-state index contributed by atoms with van der Waals surface area (Å²) in [6.07, 6.45) is -1.65. The summed E-state index contributed by atoms with van der Waals surface area (Å²) >= 11 is 0. The average Bonchev–Trinajstić information content (AvgIpc) is 2.80. The van der Waals surface area contributed by atoms with Crippen molar-refractivity contribution < 1.29 is 27.0 Å². The van der Waals surface area contributed by atoms with Crippen molar-refractivity contribution in [1.29, 1.82) is 0 Å². The van der Waals surface area contributed by atoms with Crippen LogP contribution in [0, 0.1) is 12.7 Å². The van der Waals surface area contributed by atoms with Crippen molar-refractivity contribution in [2.24, 2.45) is 0 Å². The van der Waals surface area contributed by atoms with E-state index in [0.29, 0.717) is 0 Å². The van der Waals surface area contributed by atoms with Gasteiger partial charge in [-0.05, 0) is 44.2 Å². The minimum absolute atomic E-state index is 0.0815. The maximum absolute atomic E-state index is 13.8. The molecule has 2 nitrogen and oxygen atoms in total. The maximum atomic E-state index is 13.8. The standard InChI is InChI=1S/C13H14F4O2/c1-8-6-7-10(18-9-4-2-3-5-9)12(11(8)14)19-13(15,16)17/h6-7,9H,2-5H2,1H3. The van der Waals surface area contributed by atoms with E-state index in [9.17, 15) is 17.6 Å². The van der Waals surface area contributed by atoms with Gasteiger partial charge in [-0.25, -0.2) is 4.39 Å². The quantitative estimate of drug-likeness (QED) is 0.765. The Hall–Kier alpha value is -1.46. The summed E-state index contributed by atoms with van der Waals surface area (Å²) in [5.41, 5.74) is 0.0815. The molecule has 0 bridgehead atoms. The van der Waals surface area contributed by atoms with Crippen LogP contribution >= 0.6 is 0 Å². The zero-order valence-electron chi connectivity index (χ0n) is 10.4. The highest BCUT2D eigenvalue weighted by Crippen LogP contribution is 2.38. The van der Waals surface area contributed by atoms with Gasteiger partial charge in [-0.15, -0.1) is 13.2 Å². The summed E-state index contributed by atoms with van der Waals surface area (Å²) in [5.74, 6) is -2.10. The van der Waals surface area contributed by atoms with Crippen LogP contribution < -0.4 is 9.47 Å². The Bertz CT molecular complexity index is 451. The number of aryl methyl sites for hydroxylation is 1. The number of rotatable bonds is 3. The predicted octanol–water partition coefficient (Wildman–Crippen LogP) is 4.35. The van der Waals surface area contributed by atoms with Crippen LogP contribution in [0.1, 0.15) is 31.2 Å². The summed E-state index contributed by atoms with van der Waals surface area (Å²) in [5, 5.41) is 0. The Morgan fingerprint density at radius 2 is 1.79 bits per heavy atom. The molecule has 106 valence electrons. The van der Waals surface area contributed by atoms with Crippen LogP contribution in [0.2, 0.25) is 0 Å². The molecule has 1 aliphatic carbocycles. The molecule has 0 N–H and O–H groups in total. The molecule has 0 atom stereocenters. The smallest absolute Gasteiger partial charge is 0.486 e. The van der Waals surface area contributed by atoms with Gasteiger partial charge in [0.2, 0.25) is 5.75 Å². The summed E-state index contributed by atoms with van der Waals surface area (Å²) < 4.78 is 59.8. The highest BCUT2D eigenvalue weighted by atomic mass is 19.4. The molecule has 0 aromatic heterocycles. The van der Waals surface area contributed by atoms with E-state index in [-0.39, 0.29) is 17.4 Å². The van der Waals surface area contributed by atoms with Crippen LogP contribution in [-0.2, 0) is 0 Å². The number of hydrogen-bond acceptors (Lipinski definition) is 2. The topological polar surface area (TPSA) is 18.5 Å². The van der Waals surface area contributed by atoms with Crippen molar-refractivity contribution in [3.8, 4) is 11.5 Å². The summed E-state index contributed by atoms with van der Waals surface area (Å²) in [6, 6.07) is 2.70. The molecule has 0 spiro atoms. The van der Waals surface area contributed by atoms with Crippen molar-refractivity contribution in [1.82, 2.24) is 0 Å². The first-order valence-electron chi connectivity index (χ1n) is 6.08. The monoisotopic (exact) mass is 278 g/mol. The van der Waals surface area contributed by atoms with Gasteiger partial charge in [-0.1, -0.05) is 6.07 Å². The number of ether oxygens (including phenoxy) is 2. The van der Waals surface area contributed by atoms with Gasteiger partial charge >= 0.3 is 6.36 Å². The average molecular weight is 278 g/mol. The van der Waals surface area contributed by atoms with Crippen LogP contribution in [0.3, 0.4) is 0 Å². The molecule has 1 aliphatic rings. The first-order valence-corrected chi connectivity index (χ1v) is 6.08. The molecule has 6 heteroatoms. The van der Waals surface area contributed by atoms with Crippen molar-refractivity contribution in [3.63, 3.8) is 0 Å². The molecule has 0 radical (unpaired) electrons. The van der Waals surface area contributed by atoms with Gasteiger partial charge in [0.1, 0.15) is 0 Å². The largest absolute Gasteiger partial charge is 0.573 e. The lowest BCUT2D eigenvalue weighted by Gasteiger charge is -2.18. The van der Waals surface area contributed by atoms with Gasteiger partial charge < -0.3 is 9.47 Å². The Morgan fingerprint density at radius 1 is 1.16 bits per heavy atom. The molecule has 0 saturated heterocycles. The van der Waals surface area contributed by atoms with Crippen molar-refractivity contribution in [2.45, 2.75) is 45.1 Å². The molecular formula is C13H14F4O2. The normalized spacial score (nSPS) is 16.7. The second-order valence-electron chi connectivity index (χ2n) is 4.60. The molecule has 0 amide bonds. The Balaban J connectivity index is 2.27. The lowest BCUT2D eigenvalue weighted by atomic mass is 10.2. The maximum Gasteiger partial charge on any atom is 0.573 e. The third kappa shape index (κ3) is 3.52. The Labute approximate surface area is 108 Å². The van der Waals surface area contributed by atoms with Crippen LogP contribution in [0.4, 0.5) is 17.6 Å². The first-order chi connectivity index (χ1) is 8.87. The van der Waals surface area contributed by atoms with E-state index >= 15 is 0 Å². The van der Waals surface area contributed by atoms with Crippen LogP contribution in [0.25, 0.3) is 0 Å². The van der Waals surface area contributed by atoms with Gasteiger partial charge in [0, 0.05) is 0 Å². The van der Waals surface area contributed by atoms with Gasteiger partial charge in [-0.3, -0.25) is 0 Å². The number of benzene rings is 1. The second kappa shape index (κ2) is 5.27. The fourth-order valence-corrected chi connectivity index (χ4v) is 2.13. The molecule has 0 heterocycles. The van der Waals surface area contributed by atoms with E-state index in [2.05, 4.69) is 4.74 Å². The van der Waals surface area contributed by atoms with Gasteiger partial charge in [0.05, 0.1) is 6.10 Å². The van der Waals surface area contributed by atoms with Crippen LogP contribution in [0.5, 0.6) is 11.5 Å². The van der Waals surface area contributed by atoms with E-state index in [1.165, 1.54) is 19.1 Å².